The minimum atomic E-state index is -0.467. The first-order valence-corrected chi connectivity index (χ1v) is 10.2. The molecule has 7 heteroatoms. The van der Waals surface area contributed by atoms with E-state index in [4.69, 9.17) is 10.5 Å². The Balaban J connectivity index is 1.43. The topological polar surface area (TPSA) is 70.8 Å². The van der Waals surface area contributed by atoms with E-state index >= 15 is 0 Å². The quantitative estimate of drug-likeness (QED) is 0.772. The van der Waals surface area contributed by atoms with Crippen LogP contribution in [0.5, 0.6) is 0 Å². The summed E-state index contributed by atoms with van der Waals surface area (Å²) in [4.78, 5) is 16.5. The summed E-state index contributed by atoms with van der Waals surface area (Å²) in [7, 11) is 0. The molecule has 3 N–H and O–H groups in total. The molecule has 0 unspecified atom stereocenters. The monoisotopic (exact) mass is 392 g/mol. The zero-order valence-electron chi connectivity index (χ0n) is 17.2. The van der Waals surface area contributed by atoms with Crippen LogP contribution in [0.3, 0.4) is 0 Å². The highest BCUT2D eigenvalue weighted by Crippen LogP contribution is 2.27. The van der Waals surface area contributed by atoms with Gasteiger partial charge in [0.2, 0.25) is 0 Å². The van der Waals surface area contributed by atoms with Crippen molar-refractivity contribution in [1.29, 1.82) is 0 Å². The lowest BCUT2D eigenvalue weighted by atomic mass is 9.90. The molecule has 1 amide bonds. The van der Waals surface area contributed by atoms with Crippen molar-refractivity contribution >= 4 is 17.5 Å². The van der Waals surface area contributed by atoms with Crippen LogP contribution in [-0.2, 0) is 4.74 Å². The van der Waals surface area contributed by atoms with Gasteiger partial charge in [0.25, 0.3) is 0 Å². The molecule has 1 aliphatic heterocycles. The van der Waals surface area contributed by atoms with Gasteiger partial charge in [-0.15, -0.1) is 0 Å². The van der Waals surface area contributed by atoms with Crippen LogP contribution in [0, 0.1) is 5.82 Å². The molecular formula is C21H33FN4O2. The van der Waals surface area contributed by atoms with Crippen LogP contribution in [0.15, 0.2) is 18.2 Å². The summed E-state index contributed by atoms with van der Waals surface area (Å²) in [5.41, 5.74) is 6.27. The fraction of sp³-hybridized carbons (Fsp3) is 0.667. The number of hydrogen-bond donors (Lipinski definition) is 2. The molecule has 0 spiro atoms. The maximum atomic E-state index is 14.2. The van der Waals surface area contributed by atoms with Crippen molar-refractivity contribution in [2.24, 2.45) is 0 Å². The fourth-order valence-electron chi connectivity index (χ4n) is 4.17. The van der Waals surface area contributed by atoms with Gasteiger partial charge in [-0.1, -0.05) is 0 Å². The normalized spacial score (nSPS) is 24.1. The first-order chi connectivity index (χ1) is 13.2. The van der Waals surface area contributed by atoms with Crippen LogP contribution in [0.1, 0.15) is 46.5 Å². The number of nitrogens with two attached hydrogens (primary N) is 1. The highest BCUT2D eigenvalue weighted by Gasteiger charge is 2.30. The van der Waals surface area contributed by atoms with Crippen molar-refractivity contribution in [3.63, 3.8) is 0 Å². The Hall–Kier alpha value is -2.02. The largest absolute Gasteiger partial charge is 0.444 e. The smallest absolute Gasteiger partial charge is 0.407 e. The van der Waals surface area contributed by atoms with E-state index in [2.05, 4.69) is 15.1 Å². The van der Waals surface area contributed by atoms with Crippen LogP contribution >= 0.6 is 0 Å². The zero-order chi connectivity index (χ0) is 20.3. The Labute approximate surface area is 167 Å². The van der Waals surface area contributed by atoms with E-state index < -0.39 is 5.60 Å². The van der Waals surface area contributed by atoms with E-state index in [1.54, 1.807) is 12.1 Å². The average molecular weight is 393 g/mol. The standard InChI is InChI=1S/C21H33FN4O2/c1-21(2,3)28-20(27)24-16-5-7-17(8-6-16)25-10-12-26(13-11-25)19-9-4-15(23)14-18(19)22/h4,9,14,16-17H,5-8,10-13,23H2,1-3H3,(H,24,27)/t16-,17-. The minimum Gasteiger partial charge on any atom is -0.444 e. The highest BCUT2D eigenvalue weighted by atomic mass is 19.1. The number of halogens is 1. The molecule has 0 aromatic heterocycles. The number of ether oxygens (including phenoxy) is 1. The molecule has 0 radical (unpaired) electrons. The number of benzene rings is 1. The molecule has 1 aromatic rings. The third kappa shape index (κ3) is 5.50. The van der Waals surface area contributed by atoms with E-state index in [0.717, 1.165) is 51.9 Å². The van der Waals surface area contributed by atoms with Gasteiger partial charge in [-0.25, -0.2) is 9.18 Å². The Morgan fingerprint density at radius 2 is 1.79 bits per heavy atom. The second-order valence-corrected chi connectivity index (χ2v) is 8.89. The Kier molecular flexibility index (Phi) is 6.33. The third-order valence-electron chi connectivity index (χ3n) is 5.56. The summed E-state index contributed by atoms with van der Waals surface area (Å²) in [6, 6.07) is 5.64. The molecule has 2 aliphatic rings. The maximum Gasteiger partial charge on any atom is 0.407 e. The zero-order valence-corrected chi connectivity index (χ0v) is 17.2. The van der Waals surface area contributed by atoms with E-state index in [0.29, 0.717) is 17.4 Å². The van der Waals surface area contributed by atoms with Crippen molar-refractivity contribution in [3.05, 3.63) is 24.0 Å². The summed E-state index contributed by atoms with van der Waals surface area (Å²) < 4.78 is 19.5. The molecular weight excluding hydrogens is 359 g/mol. The van der Waals surface area contributed by atoms with E-state index in [9.17, 15) is 9.18 Å². The van der Waals surface area contributed by atoms with E-state index in [-0.39, 0.29) is 18.0 Å². The van der Waals surface area contributed by atoms with Gasteiger partial charge in [0, 0.05) is 44.0 Å². The summed E-state index contributed by atoms with van der Waals surface area (Å²) in [6.45, 7) is 9.11. The third-order valence-corrected chi connectivity index (χ3v) is 5.56. The van der Waals surface area contributed by atoms with Gasteiger partial charge in [0.15, 0.2) is 0 Å². The number of nitrogens with one attached hydrogen (secondary N) is 1. The predicted octanol–water partition coefficient (Wildman–Crippen LogP) is 3.37. The summed E-state index contributed by atoms with van der Waals surface area (Å²) in [5.74, 6) is -0.248. The highest BCUT2D eigenvalue weighted by molar-refractivity contribution is 5.68. The average Bonchev–Trinajstić information content (AvgIpc) is 2.61. The molecule has 156 valence electrons. The van der Waals surface area contributed by atoms with Crippen molar-refractivity contribution < 1.29 is 13.9 Å². The van der Waals surface area contributed by atoms with Crippen LogP contribution in [0.25, 0.3) is 0 Å². The van der Waals surface area contributed by atoms with Crippen LogP contribution in [0.2, 0.25) is 0 Å². The van der Waals surface area contributed by atoms with Gasteiger partial charge >= 0.3 is 6.09 Å². The Bertz CT molecular complexity index is 675. The second kappa shape index (κ2) is 8.55. The summed E-state index contributed by atoms with van der Waals surface area (Å²) >= 11 is 0. The number of amides is 1. The van der Waals surface area contributed by atoms with Crippen LogP contribution in [0.4, 0.5) is 20.6 Å². The van der Waals surface area contributed by atoms with Gasteiger partial charge in [0.05, 0.1) is 5.69 Å². The molecule has 1 aromatic carbocycles. The molecule has 1 aliphatic carbocycles. The van der Waals surface area contributed by atoms with E-state index in [1.807, 2.05) is 20.8 Å². The molecule has 0 atom stereocenters. The first kappa shape index (κ1) is 20.7. The van der Waals surface area contributed by atoms with Gasteiger partial charge in [-0.3, -0.25) is 4.90 Å². The molecule has 0 bridgehead atoms. The Morgan fingerprint density at radius 3 is 2.36 bits per heavy atom. The van der Waals surface area contributed by atoms with Gasteiger partial charge < -0.3 is 20.7 Å². The van der Waals surface area contributed by atoms with Gasteiger partial charge in [-0.05, 0) is 64.7 Å². The number of rotatable bonds is 3. The van der Waals surface area contributed by atoms with Crippen molar-refractivity contribution in [2.45, 2.75) is 64.1 Å². The van der Waals surface area contributed by atoms with Gasteiger partial charge in [0.1, 0.15) is 11.4 Å². The minimum absolute atomic E-state index is 0.191. The lowest BCUT2D eigenvalue weighted by Crippen LogP contribution is -2.52. The Morgan fingerprint density at radius 1 is 1.14 bits per heavy atom. The number of carbonyl (C=O) groups excluding carboxylic acids is 1. The number of piperazine rings is 1. The van der Waals surface area contributed by atoms with Gasteiger partial charge in [-0.2, -0.15) is 0 Å². The number of alkyl carbamates (subject to hydrolysis) is 1. The fourth-order valence-corrected chi connectivity index (χ4v) is 4.17. The molecule has 2 fully saturated rings. The lowest BCUT2D eigenvalue weighted by Gasteiger charge is -2.42. The molecule has 1 heterocycles. The van der Waals surface area contributed by atoms with Crippen molar-refractivity contribution in [3.8, 4) is 0 Å². The molecule has 3 rings (SSSR count). The lowest BCUT2D eigenvalue weighted by molar-refractivity contribution is 0.0475. The predicted molar refractivity (Wildman–Crippen MR) is 110 cm³/mol. The molecule has 1 saturated heterocycles. The molecule has 28 heavy (non-hydrogen) atoms. The van der Waals surface area contributed by atoms with Crippen LogP contribution < -0.4 is 16.0 Å². The maximum absolute atomic E-state index is 14.2. The van der Waals surface area contributed by atoms with E-state index in [1.165, 1.54) is 6.07 Å². The number of nitrogen functional groups attached to an aromatic ring is 1. The van der Waals surface area contributed by atoms with Crippen molar-refractivity contribution in [1.82, 2.24) is 10.2 Å². The molecule has 1 saturated carbocycles. The SMILES string of the molecule is CC(C)(C)OC(=O)N[C@H]1CC[C@H](N2CCN(c3ccc(N)cc3F)CC2)CC1. The second-order valence-electron chi connectivity index (χ2n) is 8.89. The first-order valence-electron chi connectivity index (χ1n) is 10.2. The number of hydrogen-bond acceptors (Lipinski definition) is 5. The van der Waals surface area contributed by atoms with Crippen molar-refractivity contribution in [2.75, 3.05) is 36.8 Å². The molecule has 6 nitrogen and oxygen atoms in total. The summed E-state index contributed by atoms with van der Waals surface area (Å²) in [5, 5.41) is 3.00. The van der Waals surface area contributed by atoms with Crippen LogP contribution in [-0.4, -0.2) is 54.9 Å². The number of anilines is 2. The number of nitrogens with zero attached hydrogens (tertiary/aromatic N) is 2. The summed E-state index contributed by atoms with van der Waals surface area (Å²) in [6.07, 6.45) is 3.75. The number of carbonyl (C=O) groups is 1.